The molecule has 0 aromatic carbocycles. The van der Waals surface area contributed by atoms with E-state index in [4.69, 9.17) is 4.42 Å². The van der Waals surface area contributed by atoms with E-state index in [1.54, 1.807) is 17.0 Å². The minimum absolute atomic E-state index is 0.159. The first-order valence-electron chi connectivity index (χ1n) is 7.81. The van der Waals surface area contributed by atoms with Crippen molar-refractivity contribution in [3.63, 3.8) is 0 Å². The lowest BCUT2D eigenvalue weighted by molar-refractivity contribution is -0.124. The number of aliphatic hydroxyl groups excluding tert-OH is 1. The van der Waals surface area contributed by atoms with Crippen molar-refractivity contribution >= 4 is 11.8 Å². The lowest BCUT2D eigenvalue weighted by atomic mass is 10.0. The zero-order valence-electron chi connectivity index (χ0n) is 13.1. The van der Waals surface area contributed by atoms with Crippen LogP contribution in [0.3, 0.4) is 0 Å². The van der Waals surface area contributed by atoms with Crippen LogP contribution < -0.4 is 5.32 Å². The Hall–Kier alpha value is -1.82. The fourth-order valence-corrected chi connectivity index (χ4v) is 2.62. The Morgan fingerprint density at radius 3 is 2.91 bits per heavy atom. The van der Waals surface area contributed by atoms with E-state index in [2.05, 4.69) is 5.32 Å². The first-order chi connectivity index (χ1) is 10.5. The highest BCUT2D eigenvalue weighted by Crippen LogP contribution is 2.20. The van der Waals surface area contributed by atoms with Gasteiger partial charge in [-0.3, -0.25) is 9.59 Å². The van der Waals surface area contributed by atoms with Gasteiger partial charge in [-0.15, -0.1) is 0 Å². The molecule has 2 amide bonds. The number of amides is 2. The maximum Gasteiger partial charge on any atom is 0.290 e. The molecule has 2 unspecified atom stereocenters. The molecule has 1 aliphatic heterocycles. The number of rotatable bonds is 6. The van der Waals surface area contributed by atoms with Gasteiger partial charge in [0.1, 0.15) is 6.04 Å². The Kier molecular flexibility index (Phi) is 5.60. The number of aliphatic hydroxyl groups is 1. The Morgan fingerprint density at radius 2 is 2.27 bits per heavy atom. The summed E-state index contributed by atoms with van der Waals surface area (Å²) in [4.78, 5) is 26.1. The molecule has 2 rings (SSSR count). The summed E-state index contributed by atoms with van der Waals surface area (Å²) in [5.74, 6) is 0.0218. The van der Waals surface area contributed by atoms with E-state index in [1.807, 2.05) is 13.8 Å². The Labute approximate surface area is 130 Å². The molecule has 1 aliphatic rings. The van der Waals surface area contributed by atoms with Gasteiger partial charge in [0.05, 0.1) is 12.4 Å². The Morgan fingerprint density at radius 1 is 1.50 bits per heavy atom. The highest BCUT2D eigenvalue weighted by atomic mass is 16.3. The van der Waals surface area contributed by atoms with Gasteiger partial charge < -0.3 is 19.7 Å². The quantitative estimate of drug-likeness (QED) is 0.832. The zero-order valence-corrected chi connectivity index (χ0v) is 13.1. The number of carbonyl (C=O) groups is 2. The van der Waals surface area contributed by atoms with Crippen LogP contribution in [-0.2, 0) is 4.79 Å². The van der Waals surface area contributed by atoms with Gasteiger partial charge in [0.15, 0.2) is 5.76 Å². The van der Waals surface area contributed by atoms with Crippen molar-refractivity contribution in [1.82, 2.24) is 10.2 Å². The van der Waals surface area contributed by atoms with E-state index in [1.165, 1.54) is 6.26 Å². The number of hydrogen-bond donors (Lipinski definition) is 2. The second-order valence-electron chi connectivity index (χ2n) is 6.02. The largest absolute Gasteiger partial charge is 0.459 e. The summed E-state index contributed by atoms with van der Waals surface area (Å²) in [5.41, 5.74) is 0. The molecule has 0 saturated carbocycles. The minimum Gasteiger partial charge on any atom is -0.459 e. The lowest BCUT2D eigenvalue weighted by Gasteiger charge is -2.23. The number of carbonyl (C=O) groups excluding carboxylic acids is 2. The summed E-state index contributed by atoms with van der Waals surface area (Å²) in [7, 11) is 0. The fraction of sp³-hybridized carbons (Fsp3) is 0.625. The monoisotopic (exact) mass is 308 g/mol. The lowest BCUT2D eigenvalue weighted by Crippen LogP contribution is -2.46. The SMILES string of the molecule is CC(C)C(O)CCNC(=O)C1CCCN1C(=O)c1ccco1. The molecule has 122 valence electrons. The van der Waals surface area contributed by atoms with Crippen LogP contribution in [0, 0.1) is 5.92 Å². The third kappa shape index (κ3) is 3.88. The summed E-state index contributed by atoms with van der Waals surface area (Å²) in [6, 6.07) is 2.81. The fourth-order valence-electron chi connectivity index (χ4n) is 2.62. The normalized spacial score (nSPS) is 19.5. The van der Waals surface area contributed by atoms with Gasteiger partial charge in [-0.25, -0.2) is 0 Å². The minimum atomic E-state index is -0.450. The molecular weight excluding hydrogens is 284 g/mol. The van der Waals surface area contributed by atoms with Crippen LogP contribution in [0.25, 0.3) is 0 Å². The second-order valence-corrected chi connectivity index (χ2v) is 6.02. The molecule has 6 heteroatoms. The topological polar surface area (TPSA) is 82.8 Å². The molecule has 1 aromatic heterocycles. The first kappa shape index (κ1) is 16.5. The number of furan rings is 1. The number of nitrogens with zero attached hydrogens (tertiary/aromatic N) is 1. The third-order valence-electron chi connectivity index (χ3n) is 4.06. The maximum atomic E-state index is 12.3. The highest BCUT2D eigenvalue weighted by molar-refractivity contribution is 5.95. The number of likely N-dealkylation sites (tertiary alicyclic amines) is 1. The van der Waals surface area contributed by atoms with Gasteiger partial charge in [0.2, 0.25) is 5.91 Å². The van der Waals surface area contributed by atoms with Crippen LogP contribution in [0.5, 0.6) is 0 Å². The smallest absolute Gasteiger partial charge is 0.290 e. The molecule has 0 radical (unpaired) electrons. The standard InChI is InChI=1S/C16H24N2O4/c1-11(2)13(19)7-8-17-15(20)12-5-3-9-18(12)16(21)14-6-4-10-22-14/h4,6,10-13,19H,3,5,7-9H2,1-2H3,(H,17,20). The van der Waals surface area contributed by atoms with E-state index < -0.39 is 12.1 Å². The molecule has 1 aromatic rings. The van der Waals surface area contributed by atoms with Gasteiger partial charge in [0, 0.05) is 13.1 Å². The molecule has 22 heavy (non-hydrogen) atoms. The second kappa shape index (κ2) is 7.45. The van der Waals surface area contributed by atoms with Crippen LogP contribution in [0.1, 0.15) is 43.7 Å². The number of hydrogen-bond acceptors (Lipinski definition) is 4. The predicted octanol–water partition coefficient (Wildman–Crippen LogP) is 1.41. The van der Waals surface area contributed by atoms with Crippen molar-refractivity contribution in [2.45, 2.75) is 45.3 Å². The summed E-state index contributed by atoms with van der Waals surface area (Å²) < 4.78 is 5.12. The molecule has 2 heterocycles. The van der Waals surface area contributed by atoms with E-state index in [9.17, 15) is 14.7 Å². The third-order valence-corrected chi connectivity index (χ3v) is 4.06. The van der Waals surface area contributed by atoms with Crippen LogP contribution in [0.15, 0.2) is 22.8 Å². The molecule has 0 spiro atoms. The van der Waals surface area contributed by atoms with Crippen molar-refractivity contribution in [3.8, 4) is 0 Å². The Balaban J connectivity index is 1.87. The van der Waals surface area contributed by atoms with Crippen molar-refractivity contribution in [3.05, 3.63) is 24.2 Å². The van der Waals surface area contributed by atoms with Crippen molar-refractivity contribution in [2.75, 3.05) is 13.1 Å². The van der Waals surface area contributed by atoms with E-state index in [0.717, 1.165) is 6.42 Å². The summed E-state index contributed by atoms with van der Waals surface area (Å²) in [6.45, 7) is 4.85. The average molecular weight is 308 g/mol. The molecule has 0 bridgehead atoms. The first-order valence-corrected chi connectivity index (χ1v) is 7.81. The number of nitrogens with one attached hydrogen (secondary N) is 1. The summed E-state index contributed by atoms with van der Waals surface area (Å²) >= 11 is 0. The molecule has 2 N–H and O–H groups in total. The average Bonchev–Trinajstić information content (AvgIpc) is 3.17. The van der Waals surface area contributed by atoms with Crippen molar-refractivity contribution in [2.24, 2.45) is 5.92 Å². The summed E-state index contributed by atoms with van der Waals surface area (Å²) in [5, 5.41) is 12.6. The zero-order chi connectivity index (χ0) is 16.1. The van der Waals surface area contributed by atoms with Gasteiger partial charge in [0.25, 0.3) is 5.91 Å². The van der Waals surface area contributed by atoms with Gasteiger partial charge >= 0.3 is 0 Å². The molecule has 0 aliphatic carbocycles. The van der Waals surface area contributed by atoms with Crippen molar-refractivity contribution in [1.29, 1.82) is 0 Å². The van der Waals surface area contributed by atoms with Gasteiger partial charge in [-0.1, -0.05) is 13.8 Å². The maximum absolute atomic E-state index is 12.3. The highest BCUT2D eigenvalue weighted by Gasteiger charge is 2.35. The van der Waals surface area contributed by atoms with Gasteiger partial charge in [-0.2, -0.15) is 0 Å². The van der Waals surface area contributed by atoms with Crippen molar-refractivity contribution < 1.29 is 19.1 Å². The van der Waals surface area contributed by atoms with E-state index in [0.29, 0.717) is 25.9 Å². The van der Waals surface area contributed by atoms with Crippen LogP contribution in [0.2, 0.25) is 0 Å². The summed E-state index contributed by atoms with van der Waals surface area (Å²) in [6.07, 6.45) is 3.00. The molecule has 1 saturated heterocycles. The molecule has 6 nitrogen and oxygen atoms in total. The van der Waals surface area contributed by atoms with E-state index >= 15 is 0 Å². The van der Waals surface area contributed by atoms with Crippen LogP contribution >= 0.6 is 0 Å². The molecular formula is C16H24N2O4. The van der Waals surface area contributed by atoms with Crippen LogP contribution in [-0.4, -0.2) is 47.1 Å². The van der Waals surface area contributed by atoms with E-state index in [-0.39, 0.29) is 23.5 Å². The Bertz CT molecular complexity index is 498. The van der Waals surface area contributed by atoms with Gasteiger partial charge in [-0.05, 0) is 37.3 Å². The predicted molar refractivity (Wildman–Crippen MR) is 81.2 cm³/mol. The molecule has 1 fully saturated rings. The van der Waals surface area contributed by atoms with Crippen LogP contribution in [0.4, 0.5) is 0 Å². The molecule has 2 atom stereocenters.